The normalized spacial score (nSPS) is 9.43. The average molecular weight is 1020 g/mol. The van der Waals surface area contributed by atoms with Gasteiger partial charge in [0.25, 0.3) is 0 Å². The first-order chi connectivity index (χ1) is 30.3. The summed E-state index contributed by atoms with van der Waals surface area (Å²) in [5.41, 5.74) is 6.42. The number of anilines is 2. The molecule has 0 saturated carbocycles. The maximum Gasteiger partial charge on any atom is 1.00 e. The third kappa shape index (κ3) is 20.2. The van der Waals surface area contributed by atoms with Crippen LogP contribution in [0.3, 0.4) is 0 Å². The summed E-state index contributed by atoms with van der Waals surface area (Å²) in [6.45, 7) is 4.03. The molecule has 0 spiro atoms. The van der Waals surface area contributed by atoms with Crippen LogP contribution in [-0.4, -0.2) is 133 Å². The number of aliphatic imine (C=N–C) groups is 1. The largest absolute Gasteiger partial charge is 1.00 e. The van der Waals surface area contributed by atoms with E-state index in [4.69, 9.17) is 41.8 Å². The van der Waals surface area contributed by atoms with Crippen LogP contribution in [0.5, 0.6) is 0 Å². The Kier molecular flexibility index (Phi) is 27.3. The molecular formula is C31H36ClN20NaO7S5. The maximum absolute atomic E-state index is 11.2. The number of H-pyrrole nitrogens is 5. The van der Waals surface area contributed by atoms with Crippen LogP contribution in [0.2, 0.25) is 5.28 Å². The number of fused-ring (bicyclic) bond motifs is 3. The van der Waals surface area contributed by atoms with E-state index in [1.807, 2.05) is 17.7 Å². The second-order valence-electron chi connectivity index (χ2n) is 10.4. The van der Waals surface area contributed by atoms with Gasteiger partial charge in [0.15, 0.2) is 32.4 Å². The Morgan fingerprint density at radius 2 is 1.54 bits per heavy atom. The summed E-state index contributed by atoms with van der Waals surface area (Å²) < 4.78 is 13.2. The number of nitrogens with zero attached hydrogens (tertiary/aromatic N) is 12. The van der Waals surface area contributed by atoms with Crippen LogP contribution in [0.15, 0.2) is 86.2 Å². The van der Waals surface area contributed by atoms with Crippen molar-refractivity contribution in [2.24, 2.45) is 4.99 Å². The van der Waals surface area contributed by atoms with Crippen molar-refractivity contribution in [1.82, 2.24) is 84.5 Å². The van der Waals surface area contributed by atoms with E-state index < -0.39 is 12.2 Å². The molecule has 0 saturated heterocycles. The summed E-state index contributed by atoms with van der Waals surface area (Å²) in [5.74, 6) is 1.21. The van der Waals surface area contributed by atoms with Crippen molar-refractivity contribution in [2.75, 3.05) is 36.8 Å². The van der Waals surface area contributed by atoms with Gasteiger partial charge in [-0.15, -0.1) is 4.99 Å². The van der Waals surface area contributed by atoms with Crippen molar-refractivity contribution in [3.05, 3.63) is 92.3 Å². The molecule has 27 nitrogen and oxygen atoms in total. The molecule has 0 unspecified atom stereocenters. The number of nitrogen functional groups attached to an aromatic ring is 1. The molecule has 10 N–H and O–H groups in total. The number of alkyl carbamates (subject to hydrolysis) is 1. The van der Waals surface area contributed by atoms with E-state index >= 15 is 0 Å². The molecule has 2 amide bonds. The number of hydrogen-bond donors (Lipinski definition) is 8. The number of nitrogens with two attached hydrogens (primary N) is 1. The maximum atomic E-state index is 11.2. The van der Waals surface area contributed by atoms with Gasteiger partial charge in [-0.3, -0.25) is 30.6 Å². The first-order valence-corrected chi connectivity index (χ1v) is 21.2. The number of rotatable bonds is 5. The van der Waals surface area contributed by atoms with E-state index in [-0.39, 0.29) is 56.3 Å². The van der Waals surface area contributed by atoms with Gasteiger partial charge < -0.3 is 26.0 Å². The number of nitrogens with one attached hydrogen (secondary N) is 7. The van der Waals surface area contributed by atoms with E-state index in [9.17, 15) is 19.2 Å². The number of hydrogen-bond acceptors (Lipinski definition) is 21. The zero-order valence-electron chi connectivity index (χ0n) is 34.4. The van der Waals surface area contributed by atoms with Crippen LogP contribution >= 0.6 is 71.8 Å². The second-order valence-corrected chi connectivity index (χ2v) is 13.3. The van der Waals surface area contributed by atoms with Crippen molar-refractivity contribution >= 4 is 123 Å². The van der Waals surface area contributed by atoms with Crippen molar-refractivity contribution in [1.29, 1.82) is 0 Å². The van der Waals surface area contributed by atoms with Gasteiger partial charge in [0.2, 0.25) is 10.1 Å². The molecule has 0 aliphatic rings. The predicted octanol–water partition coefficient (Wildman–Crippen LogP) is 0.637. The molecule has 8 heterocycles. The first kappa shape index (κ1) is 57.1. The van der Waals surface area contributed by atoms with Crippen LogP contribution in [0.1, 0.15) is 13.8 Å². The Hall–Kier alpha value is -5.93. The zero-order chi connectivity index (χ0) is 46.1. The van der Waals surface area contributed by atoms with E-state index in [2.05, 4.69) is 103 Å². The quantitative estimate of drug-likeness (QED) is 0.0507. The zero-order valence-corrected chi connectivity index (χ0v) is 41.3. The monoisotopic (exact) mass is 1020 g/mol. The molecule has 0 aliphatic heterocycles. The van der Waals surface area contributed by atoms with Gasteiger partial charge in [0.1, 0.15) is 11.6 Å². The van der Waals surface area contributed by atoms with Gasteiger partial charge in [-0.25, -0.2) is 34.1 Å². The van der Waals surface area contributed by atoms with Crippen LogP contribution in [0, 0.1) is 4.77 Å². The Bertz CT molecular complexity index is 2900. The molecule has 0 bridgehead atoms. The molecular weight excluding hydrogens is 983 g/mol. The van der Waals surface area contributed by atoms with Crippen molar-refractivity contribution in [3.63, 3.8) is 0 Å². The first-order valence-electron chi connectivity index (χ1n) is 17.1. The molecule has 8 aromatic rings. The number of thioether (sulfide) groups is 2. The molecule has 34 heteroatoms. The number of aromatic nitrogens is 16. The minimum atomic E-state index is -0.678. The SMILES string of the molecule is CCOC(=O)N=C=S.CCOC(=O)NC(=S)Nc1ccn[nH]1.CSc1nc(Cl)n2nccc2n1.CSc1nc2ccnn2c(=O)[nH]1.Nc1ccn[nH]1.O=c1[nH]c(=S)nc2cc[nH]n12.[Na+].[OH-]. The van der Waals surface area contributed by atoms with E-state index in [0.717, 1.165) is 5.65 Å². The average Bonchev–Trinajstić information content (AvgIpc) is 4.11. The molecule has 0 aromatic carbocycles. The molecule has 65 heavy (non-hydrogen) atoms. The Balaban J connectivity index is 0.000000394. The summed E-state index contributed by atoms with van der Waals surface area (Å²) >= 11 is 22.3. The second kappa shape index (κ2) is 31.0. The minimum Gasteiger partial charge on any atom is -0.870 e. The van der Waals surface area contributed by atoms with Crippen LogP contribution in [0.25, 0.3) is 16.9 Å². The molecule has 0 atom stereocenters. The van der Waals surface area contributed by atoms with Gasteiger partial charge in [-0.1, -0.05) is 23.5 Å². The van der Waals surface area contributed by atoms with E-state index in [1.54, 1.807) is 75.2 Å². The number of carbonyl (C=O) groups excluding carboxylic acids is 2. The fourth-order valence-corrected chi connectivity index (χ4v) is 5.28. The fourth-order valence-electron chi connectivity index (χ4n) is 3.83. The van der Waals surface area contributed by atoms with Crippen molar-refractivity contribution in [3.8, 4) is 0 Å². The molecule has 0 fully saturated rings. The number of ether oxygens (including phenoxy) is 2. The van der Waals surface area contributed by atoms with Crippen molar-refractivity contribution in [2.45, 2.75) is 24.2 Å². The smallest absolute Gasteiger partial charge is 0.870 e. The molecule has 0 aliphatic carbocycles. The number of carbonyl (C=O) groups is 2. The summed E-state index contributed by atoms with van der Waals surface area (Å²) in [6.07, 6.45) is 10.5. The molecule has 8 aromatic heterocycles. The van der Waals surface area contributed by atoms with Gasteiger partial charge in [0.05, 0.1) is 43.2 Å². The molecule has 0 radical (unpaired) electrons. The van der Waals surface area contributed by atoms with Gasteiger partial charge in [0, 0.05) is 30.5 Å². The number of thiocarbonyl (C=S) groups is 2. The van der Waals surface area contributed by atoms with Crippen molar-refractivity contribution < 1.29 is 54.1 Å². The predicted molar refractivity (Wildman–Crippen MR) is 246 cm³/mol. The van der Waals surface area contributed by atoms with Crippen LogP contribution in [0.4, 0.5) is 21.2 Å². The number of amides is 2. The standard InChI is InChI=1S/C7H10N4O2S.C6H5ClN4S.C6H6N4OS.C5H4N4OS.C4H5NO2S.C3H5N3.Na.H2O/c1-2-13-7(12)10-6(14)9-5-3-4-8-11-5;1-12-6-9-4-2-3-8-11(4)5(7)10-6;1-12-5-8-4-2-3-7-10(4)6(11)9-5;10-5-8-4(11)7-3-1-2-6-9(3)5;1-2-7-4(6)5-3-8;4-3-1-2-5-6-3;;/h3-4H,2H2,1H3,(H3,8,9,10,11,12,14);2-3H,1H3;2-3H,1H3,(H,8,9,11);1-2,6H,(H,8,10,11);2H2,1H3;1-2H,(H3,4,5,6);;1H2/q;;;;;;+1;/p-1. The third-order valence-corrected chi connectivity index (χ3v) is 8.14. The minimum absolute atomic E-state index is 0. The Morgan fingerprint density at radius 3 is 2.11 bits per heavy atom. The Labute approximate surface area is 416 Å². The summed E-state index contributed by atoms with van der Waals surface area (Å²) in [5, 5.41) is 31.5. The number of halogens is 1. The van der Waals surface area contributed by atoms with Gasteiger partial charge in [-0.05, 0) is 80.7 Å². The van der Waals surface area contributed by atoms with Gasteiger partial charge >= 0.3 is 53.1 Å². The van der Waals surface area contributed by atoms with E-state index in [1.165, 1.54) is 37.1 Å². The summed E-state index contributed by atoms with van der Waals surface area (Å²) in [6, 6.07) is 8.52. The Morgan fingerprint density at radius 1 is 0.877 bits per heavy atom. The summed E-state index contributed by atoms with van der Waals surface area (Å²) in [4.78, 5) is 67.4. The van der Waals surface area contributed by atoms with Gasteiger partial charge in [-0.2, -0.15) is 38.9 Å². The molecule has 8 rings (SSSR count). The number of isothiocyanates is 1. The van der Waals surface area contributed by atoms with E-state index in [0.29, 0.717) is 51.7 Å². The third-order valence-electron chi connectivity index (χ3n) is 6.28. The van der Waals surface area contributed by atoms with Crippen LogP contribution in [-0.2, 0) is 9.47 Å². The summed E-state index contributed by atoms with van der Waals surface area (Å²) in [7, 11) is 0. The van der Waals surface area contributed by atoms with Crippen LogP contribution < -0.4 is 57.3 Å². The topological polar surface area (TPSA) is 374 Å². The molecule has 340 valence electrons. The number of aromatic amines is 5. The fraction of sp³-hybridized carbons (Fsp3) is 0.194.